The summed E-state index contributed by atoms with van der Waals surface area (Å²) >= 11 is 12.1. The highest BCUT2D eigenvalue weighted by atomic mass is 35.5. The van der Waals surface area contributed by atoms with Gasteiger partial charge in [-0.3, -0.25) is 4.79 Å². The molecule has 1 heterocycles. The Morgan fingerprint density at radius 3 is 2.25 bits per heavy atom. The zero-order chi connectivity index (χ0) is 20.0. The van der Waals surface area contributed by atoms with Crippen molar-refractivity contribution < 1.29 is 5.11 Å². The van der Waals surface area contributed by atoms with Crippen molar-refractivity contribution in [3.63, 3.8) is 0 Å². The molecule has 4 rings (SSSR count). The van der Waals surface area contributed by atoms with E-state index < -0.39 is 0 Å². The Kier molecular flexibility index (Phi) is 4.66. The average molecular weight is 410 g/mol. The van der Waals surface area contributed by atoms with Crippen LogP contribution < -0.4 is 5.56 Å². The minimum atomic E-state index is -0.341. The number of rotatable bonds is 2. The highest BCUT2D eigenvalue weighted by Crippen LogP contribution is 2.39. The monoisotopic (exact) mass is 409 g/mol. The fourth-order valence-electron chi connectivity index (χ4n) is 3.65. The van der Waals surface area contributed by atoms with Crippen LogP contribution in [0, 0.1) is 13.8 Å². The number of benzene rings is 3. The summed E-state index contributed by atoms with van der Waals surface area (Å²) in [6, 6.07) is 16.5. The fraction of sp³-hybridized carbons (Fsp3) is 0.0870. The molecule has 0 fully saturated rings. The summed E-state index contributed by atoms with van der Waals surface area (Å²) in [7, 11) is 0. The zero-order valence-corrected chi connectivity index (χ0v) is 16.8. The molecule has 3 nitrogen and oxygen atoms in total. The van der Waals surface area contributed by atoms with Gasteiger partial charge < -0.3 is 10.1 Å². The number of aromatic amines is 1. The van der Waals surface area contributed by atoms with Crippen molar-refractivity contribution in [1.29, 1.82) is 0 Å². The number of aromatic hydroxyl groups is 1. The van der Waals surface area contributed by atoms with E-state index >= 15 is 0 Å². The van der Waals surface area contributed by atoms with Gasteiger partial charge in [0.1, 0.15) is 5.75 Å². The second-order valence-corrected chi connectivity index (χ2v) is 7.68. The molecule has 0 aliphatic heterocycles. The smallest absolute Gasteiger partial charge is 0.260 e. The highest BCUT2D eigenvalue weighted by Gasteiger charge is 2.19. The number of halogens is 2. The molecule has 1 aromatic heterocycles. The molecule has 140 valence electrons. The molecule has 2 N–H and O–H groups in total. The van der Waals surface area contributed by atoms with E-state index in [9.17, 15) is 9.90 Å². The van der Waals surface area contributed by atoms with Crippen molar-refractivity contribution >= 4 is 34.1 Å². The Balaban J connectivity index is 2.03. The van der Waals surface area contributed by atoms with E-state index in [1.807, 2.05) is 50.2 Å². The van der Waals surface area contributed by atoms with Gasteiger partial charge in [-0.2, -0.15) is 0 Å². The van der Waals surface area contributed by atoms with E-state index in [4.69, 9.17) is 23.2 Å². The van der Waals surface area contributed by atoms with E-state index in [1.54, 1.807) is 18.2 Å². The Morgan fingerprint density at radius 2 is 1.54 bits per heavy atom. The van der Waals surface area contributed by atoms with Gasteiger partial charge in [-0.05, 0) is 72.0 Å². The van der Waals surface area contributed by atoms with Crippen molar-refractivity contribution in [1.82, 2.24) is 4.98 Å². The predicted octanol–water partition coefficient (Wildman–Crippen LogP) is 6.49. The van der Waals surface area contributed by atoms with E-state index in [2.05, 4.69) is 4.98 Å². The molecular weight excluding hydrogens is 393 g/mol. The molecule has 0 bridgehead atoms. The summed E-state index contributed by atoms with van der Waals surface area (Å²) in [6.45, 7) is 3.88. The lowest BCUT2D eigenvalue weighted by atomic mass is 9.89. The zero-order valence-electron chi connectivity index (χ0n) is 15.3. The molecule has 4 aromatic rings. The predicted molar refractivity (Wildman–Crippen MR) is 117 cm³/mol. The topological polar surface area (TPSA) is 53.1 Å². The van der Waals surface area contributed by atoms with Crippen molar-refractivity contribution in [2.24, 2.45) is 0 Å². The van der Waals surface area contributed by atoms with Gasteiger partial charge in [0.15, 0.2) is 0 Å². The lowest BCUT2D eigenvalue weighted by molar-refractivity contribution is 0.482. The van der Waals surface area contributed by atoms with E-state index in [1.165, 1.54) is 0 Å². The first-order chi connectivity index (χ1) is 13.4. The molecule has 0 aliphatic rings. The third kappa shape index (κ3) is 3.07. The Labute approximate surface area is 172 Å². The van der Waals surface area contributed by atoms with Crippen LogP contribution in [0.2, 0.25) is 10.0 Å². The van der Waals surface area contributed by atoms with Gasteiger partial charge in [0.05, 0.1) is 11.1 Å². The molecule has 0 saturated heterocycles. The van der Waals surface area contributed by atoms with Crippen LogP contribution in [-0.4, -0.2) is 10.1 Å². The molecule has 0 saturated carbocycles. The van der Waals surface area contributed by atoms with E-state index in [0.29, 0.717) is 26.5 Å². The van der Waals surface area contributed by atoms with Crippen LogP contribution in [0.4, 0.5) is 0 Å². The van der Waals surface area contributed by atoms with Crippen LogP contribution in [0.25, 0.3) is 33.2 Å². The van der Waals surface area contributed by atoms with Gasteiger partial charge in [0, 0.05) is 15.4 Å². The number of aromatic nitrogens is 1. The summed E-state index contributed by atoms with van der Waals surface area (Å²) in [5, 5.41) is 12.6. The van der Waals surface area contributed by atoms with E-state index in [-0.39, 0.29) is 16.9 Å². The molecule has 0 unspecified atom stereocenters. The number of hydrogen-bond donors (Lipinski definition) is 2. The van der Waals surface area contributed by atoms with Crippen LogP contribution in [0.3, 0.4) is 0 Å². The van der Waals surface area contributed by atoms with Crippen LogP contribution in [0.15, 0.2) is 59.4 Å². The standard InChI is InChI=1S/C23H17Cl2NO2/c1-12-3-9-17(14-4-6-15(24)7-5-14)13(2)20(12)21-22(27)18-11-16(25)8-10-19(18)26-23(21)28/h3-11H,1-2H3,(H2,26,27,28). The van der Waals surface area contributed by atoms with Gasteiger partial charge >= 0.3 is 0 Å². The first-order valence-electron chi connectivity index (χ1n) is 8.78. The first kappa shape index (κ1) is 18.6. The maximum Gasteiger partial charge on any atom is 0.260 e. The Hall–Kier alpha value is -2.75. The molecular formula is C23H17Cl2NO2. The average Bonchev–Trinajstić information content (AvgIpc) is 2.66. The third-order valence-corrected chi connectivity index (χ3v) is 5.51. The van der Waals surface area contributed by atoms with Crippen LogP contribution in [-0.2, 0) is 0 Å². The van der Waals surface area contributed by atoms with Gasteiger partial charge in [0.25, 0.3) is 5.56 Å². The minimum Gasteiger partial charge on any atom is -0.506 e. The second-order valence-electron chi connectivity index (χ2n) is 6.80. The Morgan fingerprint density at radius 1 is 0.857 bits per heavy atom. The fourth-order valence-corrected chi connectivity index (χ4v) is 3.95. The Bertz CT molecular complexity index is 1270. The maximum atomic E-state index is 12.9. The summed E-state index contributed by atoms with van der Waals surface area (Å²) in [5.41, 5.74) is 4.94. The molecule has 0 atom stereocenters. The number of pyridine rings is 1. The SMILES string of the molecule is Cc1ccc(-c2ccc(Cl)cc2)c(C)c1-c1c(O)c2cc(Cl)ccc2[nH]c1=O. The summed E-state index contributed by atoms with van der Waals surface area (Å²) < 4.78 is 0. The van der Waals surface area contributed by atoms with Crippen LogP contribution in [0.5, 0.6) is 5.75 Å². The van der Waals surface area contributed by atoms with Gasteiger partial charge in [-0.1, -0.05) is 47.5 Å². The number of hydrogen-bond acceptors (Lipinski definition) is 2. The molecule has 0 radical (unpaired) electrons. The molecule has 5 heteroatoms. The summed E-state index contributed by atoms with van der Waals surface area (Å²) in [6.07, 6.45) is 0. The lowest BCUT2D eigenvalue weighted by Crippen LogP contribution is -2.11. The summed E-state index contributed by atoms with van der Waals surface area (Å²) in [5.74, 6) is -0.0688. The third-order valence-electron chi connectivity index (χ3n) is 5.03. The van der Waals surface area contributed by atoms with E-state index in [0.717, 1.165) is 22.3 Å². The number of fused-ring (bicyclic) bond motifs is 1. The van der Waals surface area contributed by atoms with Crippen molar-refractivity contribution in [2.75, 3.05) is 0 Å². The van der Waals surface area contributed by atoms with Crippen molar-refractivity contribution in [3.05, 3.63) is 86.1 Å². The minimum absolute atomic E-state index is 0.0688. The van der Waals surface area contributed by atoms with Crippen LogP contribution in [0.1, 0.15) is 11.1 Å². The van der Waals surface area contributed by atoms with Crippen molar-refractivity contribution in [2.45, 2.75) is 13.8 Å². The molecule has 0 amide bonds. The highest BCUT2D eigenvalue weighted by molar-refractivity contribution is 6.31. The normalized spacial score (nSPS) is 11.1. The van der Waals surface area contributed by atoms with Crippen molar-refractivity contribution in [3.8, 4) is 28.0 Å². The first-order valence-corrected chi connectivity index (χ1v) is 9.53. The largest absolute Gasteiger partial charge is 0.506 e. The number of aryl methyl sites for hydroxylation is 1. The number of nitrogens with one attached hydrogen (secondary N) is 1. The molecule has 0 aliphatic carbocycles. The summed E-state index contributed by atoms with van der Waals surface area (Å²) in [4.78, 5) is 15.7. The quantitative estimate of drug-likeness (QED) is 0.397. The van der Waals surface area contributed by atoms with Crippen LogP contribution >= 0.6 is 23.2 Å². The molecule has 3 aromatic carbocycles. The van der Waals surface area contributed by atoms with Gasteiger partial charge in [0.2, 0.25) is 0 Å². The second kappa shape index (κ2) is 7.01. The maximum absolute atomic E-state index is 12.9. The molecule has 0 spiro atoms. The number of H-pyrrole nitrogens is 1. The van der Waals surface area contributed by atoms with Gasteiger partial charge in [-0.15, -0.1) is 0 Å². The lowest BCUT2D eigenvalue weighted by Gasteiger charge is -2.16. The molecule has 28 heavy (non-hydrogen) atoms. The van der Waals surface area contributed by atoms with Gasteiger partial charge in [-0.25, -0.2) is 0 Å².